The molecule has 1 heterocycles. The second kappa shape index (κ2) is 12.8. The molecule has 0 amide bonds. The van der Waals surface area contributed by atoms with Gasteiger partial charge in [-0.3, -0.25) is 4.99 Å². The summed E-state index contributed by atoms with van der Waals surface area (Å²) in [6, 6.07) is 8.29. The van der Waals surface area contributed by atoms with E-state index in [9.17, 15) is 4.39 Å². The van der Waals surface area contributed by atoms with E-state index >= 15 is 0 Å². The third-order valence-corrected chi connectivity index (χ3v) is 4.52. The number of rotatable bonds is 11. The highest BCUT2D eigenvalue weighted by molar-refractivity contribution is 14.0. The number of nitrogens with zero attached hydrogens (tertiary/aromatic N) is 3. The minimum absolute atomic E-state index is 0. The zero-order chi connectivity index (χ0) is 19.6. The molecule has 0 bridgehead atoms. The highest BCUT2D eigenvalue weighted by Crippen LogP contribution is 2.28. The number of nitrogens with one attached hydrogen (secondary N) is 2. The molecule has 2 N–H and O–H groups in total. The average Bonchev–Trinajstić information content (AvgIpc) is 3.41. The Hall–Kier alpha value is -1.68. The van der Waals surface area contributed by atoms with Crippen LogP contribution in [0.3, 0.4) is 0 Å². The van der Waals surface area contributed by atoms with Crippen LogP contribution in [0.5, 0.6) is 0 Å². The van der Waals surface area contributed by atoms with Crippen molar-refractivity contribution in [1.29, 1.82) is 0 Å². The van der Waals surface area contributed by atoms with Crippen molar-refractivity contribution in [3.05, 3.63) is 48.0 Å². The first-order valence-corrected chi connectivity index (χ1v) is 10.1. The second-order valence-electron chi connectivity index (χ2n) is 7.04. The molecule has 0 unspecified atom stereocenters. The lowest BCUT2D eigenvalue weighted by atomic mass is 10.3. The predicted octanol–water partition coefficient (Wildman–Crippen LogP) is 3.54. The van der Waals surface area contributed by atoms with Crippen LogP contribution in [0.25, 0.3) is 5.69 Å². The summed E-state index contributed by atoms with van der Waals surface area (Å²) in [7, 11) is 0. The van der Waals surface area contributed by atoms with Crippen molar-refractivity contribution in [3.8, 4) is 5.69 Å². The van der Waals surface area contributed by atoms with Gasteiger partial charge in [0, 0.05) is 45.5 Å². The van der Waals surface area contributed by atoms with Gasteiger partial charge in [-0.15, -0.1) is 24.0 Å². The summed E-state index contributed by atoms with van der Waals surface area (Å²) in [5.74, 6) is 1.39. The second-order valence-corrected chi connectivity index (χ2v) is 7.04. The van der Waals surface area contributed by atoms with E-state index in [4.69, 9.17) is 4.74 Å². The molecule has 6 nitrogen and oxygen atoms in total. The van der Waals surface area contributed by atoms with E-state index in [1.54, 1.807) is 16.8 Å². The van der Waals surface area contributed by atoms with Crippen LogP contribution in [0.2, 0.25) is 0 Å². The van der Waals surface area contributed by atoms with E-state index in [0.29, 0.717) is 0 Å². The molecule has 1 saturated carbocycles. The molecule has 0 radical (unpaired) electrons. The van der Waals surface area contributed by atoms with E-state index in [0.717, 1.165) is 68.9 Å². The van der Waals surface area contributed by atoms with Crippen LogP contribution in [0.1, 0.15) is 31.9 Å². The Balaban J connectivity index is 0.00000300. The normalized spacial score (nSPS) is 13.8. The standard InChI is InChI=1S/C21H30FN5O.HI/c1-2-23-21(24-12-3-15-28-16-17-4-5-17)25-13-10-19-11-14-27(26-19)20-8-6-18(22)7-9-20;/h6-9,11,14,17H,2-5,10,12-13,15-16H2,1H3,(H2,23,24,25);1H. The molecule has 1 aromatic carbocycles. The molecule has 2 aromatic rings. The quantitative estimate of drug-likeness (QED) is 0.208. The van der Waals surface area contributed by atoms with Crippen molar-refractivity contribution >= 4 is 29.9 Å². The van der Waals surface area contributed by atoms with Gasteiger partial charge in [0.1, 0.15) is 5.82 Å². The minimum Gasteiger partial charge on any atom is -0.381 e. The molecular weight excluding hydrogens is 484 g/mol. The summed E-state index contributed by atoms with van der Waals surface area (Å²) in [5, 5.41) is 11.2. The topological polar surface area (TPSA) is 63.5 Å². The molecule has 0 atom stereocenters. The molecule has 0 aliphatic heterocycles. The Bertz CT molecular complexity index is 746. The van der Waals surface area contributed by atoms with Crippen molar-refractivity contribution < 1.29 is 9.13 Å². The zero-order valence-corrected chi connectivity index (χ0v) is 19.3. The van der Waals surface area contributed by atoms with Gasteiger partial charge in [0.25, 0.3) is 0 Å². The first kappa shape index (κ1) is 23.6. The summed E-state index contributed by atoms with van der Waals surface area (Å²) in [6.45, 7) is 6.06. The summed E-state index contributed by atoms with van der Waals surface area (Å²) in [5.41, 5.74) is 1.82. The maximum Gasteiger partial charge on any atom is 0.191 e. The van der Waals surface area contributed by atoms with Crippen molar-refractivity contribution in [2.45, 2.75) is 32.6 Å². The van der Waals surface area contributed by atoms with E-state index in [-0.39, 0.29) is 29.8 Å². The van der Waals surface area contributed by atoms with Crippen molar-refractivity contribution in [3.63, 3.8) is 0 Å². The van der Waals surface area contributed by atoms with E-state index in [2.05, 4.69) is 27.6 Å². The zero-order valence-electron chi connectivity index (χ0n) is 16.9. The Kier molecular flexibility index (Phi) is 10.4. The van der Waals surface area contributed by atoms with Crippen LogP contribution in [0, 0.1) is 11.7 Å². The Morgan fingerprint density at radius 2 is 2.03 bits per heavy atom. The number of halogens is 2. The van der Waals surface area contributed by atoms with E-state index in [1.807, 2.05) is 12.3 Å². The smallest absolute Gasteiger partial charge is 0.191 e. The lowest BCUT2D eigenvalue weighted by molar-refractivity contribution is 0.123. The van der Waals surface area contributed by atoms with Crippen LogP contribution in [-0.4, -0.2) is 48.6 Å². The third-order valence-electron chi connectivity index (χ3n) is 4.52. The molecular formula is C21H31FIN5O. The number of guanidine groups is 1. The molecule has 1 aliphatic carbocycles. The first-order valence-electron chi connectivity index (χ1n) is 10.1. The number of aliphatic imine (C=N–C) groups is 1. The van der Waals surface area contributed by atoms with Gasteiger partial charge in [0.2, 0.25) is 0 Å². The summed E-state index contributed by atoms with van der Waals surface area (Å²) >= 11 is 0. The summed E-state index contributed by atoms with van der Waals surface area (Å²) in [4.78, 5) is 4.59. The van der Waals surface area contributed by atoms with Gasteiger partial charge in [-0.25, -0.2) is 9.07 Å². The van der Waals surface area contributed by atoms with Crippen molar-refractivity contribution in [2.75, 3.05) is 32.8 Å². The molecule has 3 rings (SSSR count). The monoisotopic (exact) mass is 515 g/mol. The van der Waals surface area contributed by atoms with Gasteiger partial charge >= 0.3 is 0 Å². The van der Waals surface area contributed by atoms with Crippen LogP contribution in [0.4, 0.5) is 4.39 Å². The fourth-order valence-corrected chi connectivity index (χ4v) is 2.78. The van der Waals surface area contributed by atoms with Crippen molar-refractivity contribution in [2.24, 2.45) is 10.9 Å². The molecule has 1 aliphatic rings. The van der Waals surface area contributed by atoms with Crippen LogP contribution < -0.4 is 10.6 Å². The molecule has 160 valence electrons. The predicted molar refractivity (Wildman–Crippen MR) is 125 cm³/mol. The maximum absolute atomic E-state index is 13.0. The van der Waals surface area contributed by atoms with Crippen LogP contribution in [-0.2, 0) is 11.2 Å². The van der Waals surface area contributed by atoms with Crippen molar-refractivity contribution in [1.82, 2.24) is 20.4 Å². The fourth-order valence-electron chi connectivity index (χ4n) is 2.78. The number of aromatic nitrogens is 2. The molecule has 8 heteroatoms. The van der Waals surface area contributed by atoms with Crippen LogP contribution >= 0.6 is 24.0 Å². The lowest BCUT2D eigenvalue weighted by Crippen LogP contribution is -2.38. The molecule has 1 fully saturated rings. The Labute approximate surface area is 189 Å². The number of benzene rings is 1. The average molecular weight is 515 g/mol. The first-order chi connectivity index (χ1) is 13.7. The largest absolute Gasteiger partial charge is 0.381 e. The van der Waals surface area contributed by atoms with Gasteiger partial charge in [-0.05, 0) is 62.4 Å². The number of ether oxygens (including phenoxy) is 1. The highest BCUT2D eigenvalue weighted by atomic mass is 127. The van der Waals surface area contributed by atoms with Gasteiger partial charge in [0.05, 0.1) is 11.4 Å². The van der Waals surface area contributed by atoms with Gasteiger partial charge in [0.15, 0.2) is 5.96 Å². The van der Waals surface area contributed by atoms with Gasteiger partial charge in [-0.1, -0.05) is 0 Å². The number of hydrogen-bond donors (Lipinski definition) is 2. The van der Waals surface area contributed by atoms with Gasteiger partial charge < -0.3 is 15.4 Å². The molecule has 0 saturated heterocycles. The molecule has 1 aromatic heterocycles. The third kappa shape index (κ3) is 8.69. The summed E-state index contributed by atoms with van der Waals surface area (Å²) < 4.78 is 20.4. The highest BCUT2D eigenvalue weighted by Gasteiger charge is 2.20. The van der Waals surface area contributed by atoms with E-state index < -0.39 is 0 Å². The lowest BCUT2D eigenvalue weighted by Gasteiger charge is -2.10. The fraction of sp³-hybridized carbons (Fsp3) is 0.524. The molecule has 0 spiro atoms. The Morgan fingerprint density at radius 3 is 2.76 bits per heavy atom. The SMILES string of the molecule is CCNC(=NCCCOCC1CC1)NCCc1ccn(-c2ccc(F)cc2)n1.I. The van der Waals surface area contributed by atoms with Gasteiger partial charge in [-0.2, -0.15) is 5.10 Å². The minimum atomic E-state index is -0.245. The Morgan fingerprint density at radius 1 is 1.24 bits per heavy atom. The number of hydrogen-bond acceptors (Lipinski definition) is 3. The maximum atomic E-state index is 13.0. The summed E-state index contributed by atoms with van der Waals surface area (Å²) in [6.07, 6.45) is 6.27. The van der Waals surface area contributed by atoms with Crippen LogP contribution in [0.15, 0.2) is 41.5 Å². The van der Waals surface area contributed by atoms with E-state index in [1.165, 1.54) is 25.0 Å². The molecule has 29 heavy (non-hydrogen) atoms.